The molecule has 0 bridgehead atoms. The molecule has 20 heavy (non-hydrogen) atoms. The third-order valence-corrected chi connectivity index (χ3v) is 2.98. The van der Waals surface area contributed by atoms with Crippen molar-refractivity contribution in [2.24, 2.45) is 11.8 Å². The predicted molar refractivity (Wildman–Crippen MR) is 77.3 cm³/mol. The van der Waals surface area contributed by atoms with E-state index in [9.17, 15) is 9.59 Å². The van der Waals surface area contributed by atoms with Crippen LogP contribution in [0.15, 0.2) is 22.8 Å². The van der Waals surface area contributed by atoms with E-state index in [1.165, 1.54) is 6.26 Å². The average Bonchev–Trinajstić information content (AvgIpc) is 2.87. The van der Waals surface area contributed by atoms with E-state index in [0.29, 0.717) is 12.5 Å². The van der Waals surface area contributed by atoms with E-state index in [1.807, 2.05) is 13.8 Å². The second-order valence-electron chi connectivity index (χ2n) is 5.79. The van der Waals surface area contributed by atoms with E-state index in [0.717, 1.165) is 0 Å². The molecule has 0 aliphatic rings. The van der Waals surface area contributed by atoms with Gasteiger partial charge in [-0.1, -0.05) is 27.7 Å². The van der Waals surface area contributed by atoms with Crippen LogP contribution in [-0.2, 0) is 4.79 Å². The lowest BCUT2D eigenvalue weighted by atomic mass is 10.0. The summed E-state index contributed by atoms with van der Waals surface area (Å²) in [5.41, 5.74) is 0. The van der Waals surface area contributed by atoms with Gasteiger partial charge in [-0.3, -0.25) is 9.59 Å². The van der Waals surface area contributed by atoms with Crippen molar-refractivity contribution >= 4 is 11.8 Å². The number of amides is 2. The summed E-state index contributed by atoms with van der Waals surface area (Å²) in [6.45, 7) is 8.59. The molecular formula is C15H24N2O3. The van der Waals surface area contributed by atoms with Gasteiger partial charge in [0.15, 0.2) is 5.76 Å². The van der Waals surface area contributed by atoms with Gasteiger partial charge in [-0.05, 0) is 24.0 Å². The van der Waals surface area contributed by atoms with Crippen LogP contribution < -0.4 is 5.32 Å². The molecule has 0 saturated heterocycles. The van der Waals surface area contributed by atoms with Gasteiger partial charge in [0.05, 0.1) is 6.26 Å². The molecule has 5 heteroatoms. The number of nitrogens with zero attached hydrogens (tertiary/aromatic N) is 1. The molecule has 2 amide bonds. The number of nitrogens with one attached hydrogen (secondary N) is 1. The number of likely N-dealkylation sites (N-methyl/N-ethyl adjacent to an activating group) is 1. The zero-order valence-electron chi connectivity index (χ0n) is 12.8. The van der Waals surface area contributed by atoms with E-state index in [-0.39, 0.29) is 23.5 Å². The van der Waals surface area contributed by atoms with Crippen molar-refractivity contribution in [2.45, 2.75) is 33.7 Å². The van der Waals surface area contributed by atoms with Gasteiger partial charge in [-0.25, -0.2) is 0 Å². The lowest BCUT2D eigenvalue weighted by molar-refractivity contribution is -0.133. The molecule has 1 aromatic rings. The molecule has 1 aromatic heterocycles. The molecule has 0 fully saturated rings. The molecule has 0 aliphatic heterocycles. The van der Waals surface area contributed by atoms with Gasteiger partial charge >= 0.3 is 0 Å². The van der Waals surface area contributed by atoms with Gasteiger partial charge in [0.2, 0.25) is 5.91 Å². The Morgan fingerprint density at radius 2 is 1.95 bits per heavy atom. The highest BCUT2D eigenvalue weighted by Crippen LogP contribution is 2.09. The normalized spacial score (nSPS) is 12.6. The molecule has 5 nitrogen and oxygen atoms in total. The van der Waals surface area contributed by atoms with Crippen LogP contribution in [0.4, 0.5) is 0 Å². The Bertz CT molecular complexity index is 438. The number of rotatable bonds is 6. The largest absolute Gasteiger partial charge is 0.459 e. The maximum atomic E-state index is 12.4. The molecule has 0 aliphatic carbocycles. The summed E-state index contributed by atoms with van der Waals surface area (Å²) >= 11 is 0. The Labute approximate surface area is 120 Å². The van der Waals surface area contributed by atoms with Crippen LogP contribution >= 0.6 is 0 Å². The third-order valence-electron chi connectivity index (χ3n) is 2.98. The maximum absolute atomic E-state index is 12.4. The smallest absolute Gasteiger partial charge is 0.287 e. The van der Waals surface area contributed by atoms with Crippen molar-refractivity contribution in [1.29, 1.82) is 0 Å². The van der Waals surface area contributed by atoms with Crippen molar-refractivity contribution < 1.29 is 14.0 Å². The SMILES string of the molecule is CC(C)CN(C)C(=O)C(NC(=O)c1ccco1)C(C)C. The number of hydrogen-bond acceptors (Lipinski definition) is 3. The first kappa shape index (κ1) is 16.3. The van der Waals surface area contributed by atoms with E-state index >= 15 is 0 Å². The van der Waals surface area contributed by atoms with Crippen molar-refractivity contribution in [3.63, 3.8) is 0 Å². The Kier molecular flexibility index (Phi) is 5.80. The summed E-state index contributed by atoms with van der Waals surface area (Å²) in [5, 5.41) is 2.75. The molecule has 1 heterocycles. The minimum absolute atomic E-state index is 0.0102. The van der Waals surface area contributed by atoms with E-state index < -0.39 is 6.04 Å². The molecular weight excluding hydrogens is 256 g/mol. The predicted octanol–water partition coefficient (Wildman–Crippen LogP) is 2.15. The molecule has 1 unspecified atom stereocenters. The zero-order chi connectivity index (χ0) is 15.3. The highest BCUT2D eigenvalue weighted by Gasteiger charge is 2.28. The molecule has 0 aromatic carbocycles. The first-order valence-corrected chi connectivity index (χ1v) is 6.92. The highest BCUT2D eigenvalue weighted by atomic mass is 16.3. The van der Waals surface area contributed by atoms with Gasteiger partial charge < -0.3 is 14.6 Å². The zero-order valence-corrected chi connectivity index (χ0v) is 12.8. The summed E-state index contributed by atoms with van der Waals surface area (Å²) in [5.74, 6) is 0.178. The fourth-order valence-electron chi connectivity index (χ4n) is 2.01. The standard InChI is InChI=1S/C15H24N2O3/c1-10(2)9-17(5)15(19)13(11(3)4)16-14(18)12-7-6-8-20-12/h6-8,10-11,13H,9H2,1-5H3,(H,16,18). The molecule has 1 N–H and O–H groups in total. The van der Waals surface area contributed by atoms with Gasteiger partial charge in [-0.2, -0.15) is 0 Å². The van der Waals surface area contributed by atoms with Gasteiger partial charge in [-0.15, -0.1) is 0 Å². The van der Waals surface area contributed by atoms with Crippen LogP contribution in [0.5, 0.6) is 0 Å². The Hall–Kier alpha value is -1.78. The first-order valence-electron chi connectivity index (χ1n) is 6.92. The maximum Gasteiger partial charge on any atom is 0.287 e. The van der Waals surface area contributed by atoms with Crippen molar-refractivity contribution in [3.8, 4) is 0 Å². The van der Waals surface area contributed by atoms with Crippen molar-refractivity contribution in [3.05, 3.63) is 24.2 Å². The Balaban J connectivity index is 2.74. The molecule has 1 atom stereocenters. The lowest BCUT2D eigenvalue weighted by Crippen LogP contribution is -2.50. The van der Waals surface area contributed by atoms with Crippen LogP contribution in [0.1, 0.15) is 38.2 Å². The number of hydrogen-bond donors (Lipinski definition) is 1. The van der Waals surface area contributed by atoms with Gasteiger partial charge in [0.1, 0.15) is 6.04 Å². The quantitative estimate of drug-likeness (QED) is 0.868. The summed E-state index contributed by atoms with van der Waals surface area (Å²) in [6.07, 6.45) is 1.44. The van der Waals surface area contributed by atoms with Gasteiger partial charge in [0.25, 0.3) is 5.91 Å². The van der Waals surface area contributed by atoms with Crippen molar-refractivity contribution in [1.82, 2.24) is 10.2 Å². The van der Waals surface area contributed by atoms with Crippen molar-refractivity contribution in [2.75, 3.05) is 13.6 Å². The first-order chi connectivity index (χ1) is 9.32. The van der Waals surface area contributed by atoms with Crippen LogP contribution in [0.2, 0.25) is 0 Å². The number of carbonyl (C=O) groups is 2. The van der Waals surface area contributed by atoms with E-state index in [2.05, 4.69) is 19.2 Å². The second kappa shape index (κ2) is 7.12. The number of carbonyl (C=O) groups excluding carboxylic acids is 2. The molecule has 0 spiro atoms. The fraction of sp³-hybridized carbons (Fsp3) is 0.600. The van der Waals surface area contributed by atoms with E-state index in [4.69, 9.17) is 4.42 Å². The second-order valence-corrected chi connectivity index (χ2v) is 5.79. The Morgan fingerprint density at radius 3 is 2.40 bits per heavy atom. The van der Waals surface area contributed by atoms with E-state index in [1.54, 1.807) is 24.1 Å². The highest BCUT2D eigenvalue weighted by molar-refractivity contribution is 5.95. The minimum atomic E-state index is -0.545. The van der Waals surface area contributed by atoms with Crippen LogP contribution in [0.25, 0.3) is 0 Å². The topological polar surface area (TPSA) is 62.6 Å². The minimum Gasteiger partial charge on any atom is -0.459 e. The summed E-state index contributed by atoms with van der Waals surface area (Å²) in [6, 6.07) is 2.68. The summed E-state index contributed by atoms with van der Waals surface area (Å²) < 4.78 is 5.04. The third kappa shape index (κ3) is 4.40. The Morgan fingerprint density at radius 1 is 1.30 bits per heavy atom. The fourth-order valence-corrected chi connectivity index (χ4v) is 2.01. The number of furan rings is 1. The lowest BCUT2D eigenvalue weighted by Gasteiger charge is -2.27. The van der Waals surface area contributed by atoms with Crippen LogP contribution in [0, 0.1) is 11.8 Å². The molecule has 0 radical (unpaired) electrons. The average molecular weight is 280 g/mol. The van der Waals surface area contributed by atoms with Crippen LogP contribution in [0.3, 0.4) is 0 Å². The molecule has 112 valence electrons. The van der Waals surface area contributed by atoms with Gasteiger partial charge in [0, 0.05) is 13.6 Å². The summed E-state index contributed by atoms with van der Waals surface area (Å²) in [7, 11) is 1.76. The summed E-state index contributed by atoms with van der Waals surface area (Å²) in [4.78, 5) is 26.1. The van der Waals surface area contributed by atoms with Crippen LogP contribution in [-0.4, -0.2) is 36.3 Å². The monoisotopic (exact) mass is 280 g/mol. The molecule has 1 rings (SSSR count). The molecule has 0 saturated carbocycles.